The molecule has 102 valence electrons. The predicted octanol–water partition coefficient (Wildman–Crippen LogP) is 2.80. The Bertz CT molecular complexity index is 393. The van der Waals surface area contributed by atoms with E-state index in [2.05, 4.69) is 45.8 Å². The summed E-state index contributed by atoms with van der Waals surface area (Å²) >= 11 is 11.2. The highest BCUT2D eigenvalue weighted by atomic mass is 79.9. The molecular weight excluding hydrogens is 334 g/mol. The molecule has 2 unspecified atom stereocenters. The minimum atomic E-state index is 0.280. The van der Waals surface area contributed by atoms with Crippen LogP contribution in [0.5, 0.6) is 0 Å². The van der Waals surface area contributed by atoms with Crippen molar-refractivity contribution in [1.29, 1.82) is 0 Å². The molecule has 0 bridgehead atoms. The fourth-order valence-electron chi connectivity index (χ4n) is 2.56. The largest absolute Gasteiger partial charge is 0.329 e. The number of hydrogen-bond donors (Lipinski definition) is 1. The van der Waals surface area contributed by atoms with Crippen LogP contribution in [0.2, 0.25) is 4.34 Å². The maximum atomic E-state index is 6.13. The number of thiophene rings is 1. The van der Waals surface area contributed by atoms with Gasteiger partial charge in [0.05, 0.1) is 6.04 Å². The Kier molecular flexibility index (Phi) is 5.08. The van der Waals surface area contributed by atoms with Crippen LogP contribution in [-0.2, 0) is 0 Å². The summed E-state index contributed by atoms with van der Waals surface area (Å²) in [4.78, 5) is 6.12. The molecular formula is C12H19BrClN3S. The summed E-state index contributed by atoms with van der Waals surface area (Å²) in [6, 6.07) is 2.91. The first kappa shape index (κ1) is 14.8. The van der Waals surface area contributed by atoms with Crippen LogP contribution in [0.1, 0.15) is 17.8 Å². The lowest BCUT2D eigenvalue weighted by Gasteiger charge is -2.42. The van der Waals surface area contributed by atoms with Crippen LogP contribution in [0.15, 0.2) is 10.5 Å². The van der Waals surface area contributed by atoms with Crippen LogP contribution in [0.25, 0.3) is 0 Å². The zero-order chi connectivity index (χ0) is 13.3. The molecule has 2 N–H and O–H groups in total. The topological polar surface area (TPSA) is 32.5 Å². The Morgan fingerprint density at radius 2 is 2.33 bits per heavy atom. The summed E-state index contributed by atoms with van der Waals surface area (Å²) in [6.45, 7) is 6.16. The summed E-state index contributed by atoms with van der Waals surface area (Å²) in [5.74, 6) is 0. The fourth-order valence-corrected chi connectivity index (χ4v) is 4.43. The zero-order valence-electron chi connectivity index (χ0n) is 10.7. The van der Waals surface area contributed by atoms with Crippen molar-refractivity contribution in [2.75, 3.05) is 33.2 Å². The second kappa shape index (κ2) is 6.20. The van der Waals surface area contributed by atoms with E-state index < -0.39 is 0 Å². The normalized spacial score (nSPS) is 24.4. The first-order valence-electron chi connectivity index (χ1n) is 6.12. The third kappa shape index (κ3) is 3.08. The maximum absolute atomic E-state index is 6.13. The molecule has 1 fully saturated rings. The van der Waals surface area contributed by atoms with Gasteiger partial charge in [0.15, 0.2) is 0 Å². The van der Waals surface area contributed by atoms with Crippen molar-refractivity contribution in [2.24, 2.45) is 5.73 Å². The van der Waals surface area contributed by atoms with E-state index in [1.54, 1.807) is 11.3 Å². The molecule has 2 heterocycles. The summed E-state index contributed by atoms with van der Waals surface area (Å²) in [5.41, 5.74) is 5.98. The molecule has 1 aliphatic heterocycles. The van der Waals surface area contributed by atoms with Crippen molar-refractivity contribution in [1.82, 2.24) is 9.80 Å². The minimum Gasteiger partial charge on any atom is -0.329 e. The smallest absolute Gasteiger partial charge is 0.107 e. The monoisotopic (exact) mass is 351 g/mol. The fraction of sp³-hybridized carbons (Fsp3) is 0.667. The summed E-state index contributed by atoms with van der Waals surface area (Å²) in [7, 11) is 2.17. The van der Waals surface area contributed by atoms with E-state index in [0.717, 1.165) is 28.4 Å². The van der Waals surface area contributed by atoms with Crippen molar-refractivity contribution >= 4 is 38.9 Å². The maximum Gasteiger partial charge on any atom is 0.107 e. The molecule has 0 radical (unpaired) electrons. The Hall–Kier alpha value is 0.350. The van der Waals surface area contributed by atoms with E-state index in [1.165, 1.54) is 4.88 Å². The highest BCUT2D eigenvalue weighted by Gasteiger charge is 2.29. The molecule has 0 aromatic carbocycles. The van der Waals surface area contributed by atoms with Gasteiger partial charge in [-0.3, -0.25) is 4.90 Å². The molecule has 1 saturated heterocycles. The van der Waals surface area contributed by atoms with E-state index in [1.807, 2.05) is 0 Å². The lowest BCUT2D eigenvalue weighted by atomic mass is 10.1. The second-order valence-electron chi connectivity index (χ2n) is 4.87. The third-order valence-electron chi connectivity index (χ3n) is 3.50. The number of hydrogen-bond acceptors (Lipinski definition) is 4. The summed E-state index contributed by atoms with van der Waals surface area (Å²) in [6.07, 6.45) is 0. The number of piperazine rings is 1. The minimum absolute atomic E-state index is 0.280. The van der Waals surface area contributed by atoms with Crippen LogP contribution in [0.4, 0.5) is 0 Å². The zero-order valence-corrected chi connectivity index (χ0v) is 13.9. The number of nitrogens with two attached hydrogens (primary N) is 1. The second-order valence-corrected chi connectivity index (χ2v) is 7.41. The van der Waals surface area contributed by atoms with Crippen LogP contribution in [0.3, 0.4) is 0 Å². The molecule has 6 heteroatoms. The molecule has 2 atom stereocenters. The third-order valence-corrected chi connectivity index (χ3v) is 6.07. The van der Waals surface area contributed by atoms with E-state index in [9.17, 15) is 0 Å². The molecule has 0 saturated carbocycles. The Labute approximate surface area is 126 Å². The van der Waals surface area contributed by atoms with Crippen LogP contribution in [0, 0.1) is 0 Å². The lowest BCUT2D eigenvalue weighted by molar-refractivity contribution is 0.0648. The molecule has 2 rings (SSSR count). The lowest BCUT2D eigenvalue weighted by Crippen LogP contribution is -2.52. The number of likely N-dealkylation sites (N-methyl/N-ethyl adjacent to an activating group) is 1. The van der Waals surface area contributed by atoms with Crippen LogP contribution >= 0.6 is 38.9 Å². The molecule has 0 spiro atoms. The van der Waals surface area contributed by atoms with Crippen molar-refractivity contribution in [3.63, 3.8) is 0 Å². The molecule has 0 amide bonds. The van der Waals surface area contributed by atoms with E-state index in [-0.39, 0.29) is 6.04 Å². The van der Waals surface area contributed by atoms with E-state index >= 15 is 0 Å². The highest BCUT2D eigenvalue weighted by molar-refractivity contribution is 9.10. The standard InChI is InChI=1S/C12H19BrClN3S/c1-8-7-16(2)3-4-17(8)10(6-15)11-5-9(13)12(14)18-11/h5,8,10H,3-4,6-7,15H2,1-2H3. The predicted molar refractivity (Wildman–Crippen MR) is 82.5 cm³/mol. The number of nitrogens with zero attached hydrogens (tertiary/aromatic N) is 2. The van der Waals surface area contributed by atoms with Gasteiger partial charge in [0, 0.05) is 41.6 Å². The first-order chi connectivity index (χ1) is 8.52. The Morgan fingerprint density at radius 1 is 1.61 bits per heavy atom. The van der Waals surface area contributed by atoms with E-state index in [4.69, 9.17) is 17.3 Å². The summed E-state index contributed by atoms with van der Waals surface area (Å²) < 4.78 is 1.79. The number of rotatable bonds is 3. The summed E-state index contributed by atoms with van der Waals surface area (Å²) in [5, 5.41) is 0. The van der Waals surface area contributed by atoms with Crippen molar-refractivity contribution < 1.29 is 0 Å². The number of halogens is 2. The van der Waals surface area contributed by atoms with Crippen LogP contribution < -0.4 is 5.73 Å². The van der Waals surface area contributed by atoms with Gasteiger partial charge in [-0.2, -0.15) is 0 Å². The average molecular weight is 353 g/mol. The highest BCUT2D eigenvalue weighted by Crippen LogP contribution is 2.37. The van der Waals surface area contributed by atoms with Crippen molar-refractivity contribution in [3.05, 3.63) is 19.8 Å². The van der Waals surface area contributed by atoms with Gasteiger partial charge in [-0.25, -0.2) is 0 Å². The van der Waals surface area contributed by atoms with E-state index in [0.29, 0.717) is 12.6 Å². The van der Waals surface area contributed by atoms with Crippen molar-refractivity contribution in [2.45, 2.75) is 19.0 Å². The Morgan fingerprint density at radius 3 is 2.83 bits per heavy atom. The van der Waals surface area contributed by atoms with Crippen molar-refractivity contribution in [3.8, 4) is 0 Å². The van der Waals surface area contributed by atoms with Gasteiger partial charge in [0.25, 0.3) is 0 Å². The molecule has 0 aliphatic carbocycles. The SMILES string of the molecule is CC1CN(C)CCN1C(CN)c1cc(Br)c(Cl)s1. The quantitative estimate of drug-likeness (QED) is 0.908. The van der Waals surface area contributed by atoms with Gasteiger partial charge >= 0.3 is 0 Å². The Balaban J connectivity index is 2.18. The molecule has 1 aromatic heterocycles. The van der Waals surface area contributed by atoms with Crippen LogP contribution in [-0.4, -0.2) is 49.1 Å². The average Bonchev–Trinajstić information content (AvgIpc) is 2.63. The molecule has 1 aromatic rings. The van der Waals surface area contributed by atoms with Gasteiger partial charge in [0.1, 0.15) is 4.34 Å². The molecule has 3 nitrogen and oxygen atoms in total. The molecule has 1 aliphatic rings. The van der Waals surface area contributed by atoms with Gasteiger partial charge in [-0.1, -0.05) is 11.6 Å². The first-order valence-corrected chi connectivity index (χ1v) is 8.10. The van der Waals surface area contributed by atoms with Gasteiger partial charge in [-0.15, -0.1) is 11.3 Å². The van der Waals surface area contributed by atoms with Gasteiger partial charge in [0.2, 0.25) is 0 Å². The molecule has 18 heavy (non-hydrogen) atoms. The van der Waals surface area contributed by atoms with Gasteiger partial charge in [-0.05, 0) is 36.0 Å². The van der Waals surface area contributed by atoms with Gasteiger partial charge < -0.3 is 10.6 Å².